The van der Waals surface area contributed by atoms with Gasteiger partial charge in [-0.3, -0.25) is 0 Å². The van der Waals surface area contributed by atoms with Gasteiger partial charge in [-0.25, -0.2) is 0 Å². The fourth-order valence-corrected chi connectivity index (χ4v) is 2.85. The fourth-order valence-electron chi connectivity index (χ4n) is 1.99. The monoisotopic (exact) mass is 314 g/mol. The molecule has 3 unspecified atom stereocenters. The van der Waals surface area contributed by atoms with Crippen LogP contribution in [0.4, 0.5) is 0 Å². The van der Waals surface area contributed by atoms with Crippen LogP contribution in [0.1, 0.15) is 19.8 Å². The number of hydrogen-bond acceptors (Lipinski definition) is 3. The molecule has 18 heavy (non-hydrogen) atoms. The lowest BCUT2D eigenvalue weighted by Crippen LogP contribution is -2.52. The van der Waals surface area contributed by atoms with Crippen LogP contribution >= 0.6 is 15.9 Å². The van der Waals surface area contributed by atoms with Crippen molar-refractivity contribution in [2.24, 2.45) is 0 Å². The maximum absolute atomic E-state index is 5.97. The van der Waals surface area contributed by atoms with Crippen LogP contribution in [0.5, 0.6) is 11.5 Å². The third kappa shape index (κ3) is 2.98. The molecule has 0 N–H and O–H groups in total. The molecule has 100 valence electrons. The molecule has 1 aliphatic rings. The van der Waals surface area contributed by atoms with Gasteiger partial charge in [0.1, 0.15) is 12.2 Å². The van der Waals surface area contributed by atoms with Gasteiger partial charge in [-0.15, -0.1) is 0 Å². The van der Waals surface area contributed by atoms with Crippen LogP contribution < -0.4 is 9.47 Å². The molecule has 0 radical (unpaired) electrons. The molecule has 0 heterocycles. The van der Waals surface area contributed by atoms with E-state index in [0.29, 0.717) is 4.83 Å². The van der Waals surface area contributed by atoms with Crippen molar-refractivity contribution in [2.75, 3.05) is 13.7 Å². The molecule has 1 saturated carbocycles. The van der Waals surface area contributed by atoms with Gasteiger partial charge in [0.15, 0.2) is 11.5 Å². The number of para-hydroxylation sites is 2. The van der Waals surface area contributed by atoms with Crippen LogP contribution in [0, 0.1) is 0 Å². The lowest BCUT2D eigenvalue weighted by Gasteiger charge is -2.41. The molecule has 0 bridgehead atoms. The highest BCUT2D eigenvalue weighted by atomic mass is 79.9. The average Bonchev–Trinajstić information content (AvgIpc) is 2.39. The van der Waals surface area contributed by atoms with E-state index < -0.39 is 0 Å². The molecule has 1 fully saturated rings. The lowest BCUT2D eigenvalue weighted by molar-refractivity contribution is -0.0767. The van der Waals surface area contributed by atoms with E-state index in [1.54, 1.807) is 7.11 Å². The largest absolute Gasteiger partial charge is 0.493 e. The van der Waals surface area contributed by atoms with Gasteiger partial charge in [0.05, 0.1) is 7.11 Å². The Hall–Kier alpha value is -0.740. The fraction of sp³-hybridized carbons (Fsp3) is 0.571. The summed E-state index contributed by atoms with van der Waals surface area (Å²) in [6.07, 6.45) is 2.23. The summed E-state index contributed by atoms with van der Waals surface area (Å²) in [5.74, 6) is 1.55. The highest BCUT2D eigenvalue weighted by Crippen LogP contribution is 2.36. The molecule has 0 aromatic heterocycles. The normalized spacial score (nSPS) is 26.5. The first-order valence-corrected chi connectivity index (χ1v) is 7.23. The molecule has 3 atom stereocenters. The number of alkyl halides is 1. The van der Waals surface area contributed by atoms with Crippen molar-refractivity contribution < 1.29 is 14.2 Å². The quantitative estimate of drug-likeness (QED) is 0.753. The maximum Gasteiger partial charge on any atom is 0.161 e. The SMILES string of the molecule is CCCOC1C(Br)CC1Oc1ccccc1OC. The van der Waals surface area contributed by atoms with E-state index >= 15 is 0 Å². The van der Waals surface area contributed by atoms with E-state index in [4.69, 9.17) is 14.2 Å². The number of hydrogen-bond donors (Lipinski definition) is 0. The van der Waals surface area contributed by atoms with E-state index in [1.165, 1.54) is 0 Å². The summed E-state index contributed by atoms with van der Waals surface area (Å²) in [5, 5.41) is 0. The zero-order valence-electron chi connectivity index (χ0n) is 10.8. The molecule has 0 aliphatic heterocycles. The molecule has 0 spiro atoms. The van der Waals surface area contributed by atoms with Crippen molar-refractivity contribution in [3.63, 3.8) is 0 Å². The summed E-state index contributed by atoms with van der Waals surface area (Å²) in [7, 11) is 1.65. The summed E-state index contributed by atoms with van der Waals surface area (Å²) in [5.41, 5.74) is 0. The molecule has 1 aromatic rings. The van der Waals surface area contributed by atoms with E-state index in [1.807, 2.05) is 24.3 Å². The zero-order chi connectivity index (χ0) is 13.0. The zero-order valence-corrected chi connectivity index (χ0v) is 12.4. The van der Waals surface area contributed by atoms with Crippen molar-refractivity contribution >= 4 is 15.9 Å². The summed E-state index contributed by atoms with van der Waals surface area (Å²) < 4.78 is 17.0. The molecular formula is C14H19BrO3. The molecule has 3 nitrogen and oxygen atoms in total. The first-order chi connectivity index (χ1) is 8.76. The van der Waals surface area contributed by atoms with Gasteiger partial charge in [0.25, 0.3) is 0 Å². The van der Waals surface area contributed by atoms with E-state index in [2.05, 4.69) is 22.9 Å². The van der Waals surface area contributed by atoms with Crippen LogP contribution in [0.25, 0.3) is 0 Å². The van der Waals surface area contributed by atoms with Crippen molar-refractivity contribution in [3.05, 3.63) is 24.3 Å². The smallest absolute Gasteiger partial charge is 0.161 e. The van der Waals surface area contributed by atoms with Gasteiger partial charge in [-0.1, -0.05) is 35.0 Å². The van der Waals surface area contributed by atoms with Gasteiger partial charge in [-0.05, 0) is 18.6 Å². The van der Waals surface area contributed by atoms with Gasteiger partial charge in [-0.2, -0.15) is 0 Å². The summed E-state index contributed by atoms with van der Waals surface area (Å²) in [6.45, 7) is 2.89. The van der Waals surface area contributed by atoms with E-state index in [-0.39, 0.29) is 12.2 Å². The number of halogens is 1. The number of rotatable bonds is 6. The highest BCUT2D eigenvalue weighted by Gasteiger charge is 2.42. The van der Waals surface area contributed by atoms with Crippen molar-refractivity contribution in [3.8, 4) is 11.5 Å². The van der Waals surface area contributed by atoms with Crippen molar-refractivity contribution in [1.82, 2.24) is 0 Å². The minimum absolute atomic E-state index is 0.109. The van der Waals surface area contributed by atoms with Gasteiger partial charge >= 0.3 is 0 Å². The second-order valence-corrected chi connectivity index (χ2v) is 5.57. The van der Waals surface area contributed by atoms with Crippen LogP contribution in [0.3, 0.4) is 0 Å². The van der Waals surface area contributed by atoms with Crippen molar-refractivity contribution in [2.45, 2.75) is 36.8 Å². The predicted octanol–water partition coefficient (Wildman–Crippen LogP) is 3.41. The molecule has 0 saturated heterocycles. The summed E-state index contributed by atoms with van der Waals surface area (Å²) in [4.78, 5) is 0.392. The Labute approximate surface area is 117 Å². The molecule has 0 amide bonds. The Morgan fingerprint density at radius 2 is 2.00 bits per heavy atom. The number of ether oxygens (including phenoxy) is 3. The first kappa shape index (κ1) is 13.7. The van der Waals surface area contributed by atoms with Crippen LogP contribution in [0.2, 0.25) is 0 Å². The van der Waals surface area contributed by atoms with Crippen LogP contribution in [-0.2, 0) is 4.74 Å². The average molecular weight is 315 g/mol. The lowest BCUT2D eigenvalue weighted by atomic mass is 9.91. The molecule has 1 aliphatic carbocycles. The van der Waals surface area contributed by atoms with Crippen molar-refractivity contribution in [1.29, 1.82) is 0 Å². The van der Waals surface area contributed by atoms with Crippen LogP contribution in [-0.4, -0.2) is 30.8 Å². The van der Waals surface area contributed by atoms with Crippen LogP contribution in [0.15, 0.2) is 24.3 Å². The Morgan fingerprint density at radius 3 is 2.61 bits per heavy atom. The first-order valence-electron chi connectivity index (χ1n) is 6.31. The third-order valence-corrected chi connectivity index (χ3v) is 3.94. The second-order valence-electron chi connectivity index (χ2n) is 4.39. The number of benzene rings is 1. The topological polar surface area (TPSA) is 27.7 Å². The second kappa shape index (κ2) is 6.43. The standard InChI is InChI=1S/C14H19BrO3/c1-3-8-17-14-10(15)9-13(14)18-12-7-5-4-6-11(12)16-2/h4-7,10,13-14H,3,8-9H2,1-2H3. The Morgan fingerprint density at radius 1 is 1.28 bits per heavy atom. The van der Waals surface area contributed by atoms with Gasteiger partial charge in [0, 0.05) is 17.9 Å². The highest BCUT2D eigenvalue weighted by molar-refractivity contribution is 9.09. The molecular weight excluding hydrogens is 296 g/mol. The van der Waals surface area contributed by atoms with E-state index in [9.17, 15) is 0 Å². The Kier molecular flexibility index (Phi) is 4.89. The molecule has 2 rings (SSSR count). The third-order valence-electron chi connectivity index (χ3n) is 3.04. The maximum atomic E-state index is 5.97. The van der Waals surface area contributed by atoms with Gasteiger partial charge < -0.3 is 14.2 Å². The predicted molar refractivity (Wildman–Crippen MR) is 74.8 cm³/mol. The minimum Gasteiger partial charge on any atom is -0.493 e. The summed E-state index contributed by atoms with van der Waals surface area (Å²) >= 11 is 3.61. The summed E-state index contributed by atoms with van der Waals surface area (Å²) in [6, 6.07) is 7.72. The molecule has 4 heteroatoms. The minimum atomic E-state index is 0.109. The number of methoxy groups -OCH3 is 1. The Bertz CT molecular complexity index is 383. The van der Waals surface area contributed by atoms with E-state index in [0.717, 1.165) is 30.9 Å². The van der Waals surface area contributed by atoms with Gasteiger partial charge in [0.2, 0.25) is 0 Å². The molecule has 1 aromatic carbocycles. The Balaban J connectivity index is 1.96.